The molecule has 1 aromatic rings. The molecule has 1 unspecified atom stereocenters. The maximum Gasteiger partial charge on any atom is 0.417 e. The lowest BCUT2D eigenvalue weighted by atomic mass is 9.70. The van der Waals surface area contributed by atoms with E-state index < -0.39 is 46.5 Å². The van der Waals surface area contributed by atoms with Crippen molar-refractivity contribution in [1.82, 2.24) is 0 Å². The van der Waals surface area contributed by atoms with Gasteiger partial charge in [0, 0.05) is 5.57 Å². The standard InChI is InChI=1S/C19H20F6O2/c1-10(2)16(26)27-17(11(3)4)9-5-6-12-13(17)7-8-14(18(20,21)22)15(12)19(23,24)25/h7-8,11H,1,5-6,9H2,2-4H3. The molecule has 1 atom stereocenters. The topological polar surface area (TPSA) is 26.3 Å². The van der Waals surface area contributed by atoms with Gasteiger partial charge in [-0.2, -0.15) is 26.3 Å². The molecule has 1 aromatic carbocycles. The predicted octanol–water partition coefficient (Wildman–Crippen LogP) is 6.03. The molecular formula is C19H20F6O2. The monoisotopic (exact) mass is 394 g/mol. The van der Waals surface area contributed by atoms with E-state index in [1.54, 1.807) is 13.8 Å². The van der Waals surface area contributed by atoms with E-state index in [0.29, 0.717) is 6.07 Å². The molecule has 0 bridgehead atoms. The number of hydrogen-bond donors (Lipinski definition) is 0. The summed E-state index contributed by atoms with van der Waals surface area (Å²) in [6.07, 6.45) is -10.1. The third kappa shape index (κ3) is 3.84. The molecule has 2 nitrogen and oxygen atoms in total. The van der Waals surface area contributed by atoms with Crippen molar-refractivity contribution in [3.8, 4) is 0 Å². The highest BCUT2D eigenvalue weighted by atomic mass is 19.4. The van der Waals surface area contributed by atoms with E-state index in [4.69, 9.17) is 4.74 Å². The van der Waals surface area contributed by atoms with E-state index in [9.17, 15) is 31.1 Å². The van der Waals surface area contributed by atoms with Gasteiger partial charge in [0.2, 0.25) is 0 Å². The Morgan fingerprint density at radius 2 is 1.74 bits per heavy atom. The smallest absolute Gasteiger partial charge is 0.417 e. The number of carbonyl (C=O) groups excluding carboxylic acids is 1. The van der Waals surface area contributed by atoms with Gasteiger partial charge in [-0.3, -0.25) is 0 Å². The molecule has 1 aliphatic rings. The SMILES string of the molecule is C=C(C)C(=O)OC1(C(C)C)CCCc2c1ccc(C(F)(F)F)c2C(F)(F)F. The van der Waals surface area contributed by atoms with Gasteiger partial charge < -0.3 is 4.74 Å². The summed E-state index contributed by atoms with van der Waals surface area (Å²) in [5.74, 6) is -1.23. The third-order valence-corrected chi connectivity index (χ3v) is 4.89. The quantitative estimate of drug-likeness (QED) is 0.355. The molecule has 0 amide bonds. The Balaban J connectivity index is 2.80. The Labute approximate surface area is 153 Å². The summed E-state index contributed by atoms with van der Waals surface area (Å²) < 4.78 is 86.0. The van der Waals surface area contributed by atoms with Gasteiger partial charge in [-0.15, -0.1) is 0 Å². The molecule has 27 heavy (non-hydrogen) atoms. The summed E-state index contributed by atoms with van der Waals surface area (Å²) in [6.45, 7) is 8.18. The first-order valence-electron chi connectivity index (χ1n) is 8.41. The number of ether oxygens (including phenoxy) is 1. The summed E-state index contributed by atoms with van der Waals surface area (Å²) >= 11 is 0. The fraction of sp³-hybridized carbons (Fsp3) is 0.526. The molecule has 0 heterocycles. The number of rotatable bonds is 3. The second kappa shape index (κ2) is 6.87. The molecule has 0 fully saturated rings. The Hall–Kier alpha value is -1.99. The highest BCUT2D eigenvalue weighted by Crippen LogP contribution is 2.50. The minimum Gasteiger partial charge on any atom is -0.451 e. The van der Waals surface area contributed by atoms with Crippen LogP contribution in [0, 0.1) is 5.92 Å². The first kappa shape index (κ1) is 21.3. The maximum absolute atomic E-state index is 13.6. The second-order valence-corrected chi connectivity index (χ2v) is 7.08. The van der Waals surface area contributed by atoms with Gasteiger partial charge in [0.25, 0.3) is 0 Å². The molecule has 0 aromatic heterocycles. The van der Waals surface area contributed by atoms with E-state index in [2.05, 4.69) is 6.58 Å². The summed E-state index contributed by atoms with van der Waals surface area (Å²) in [4.78, 5) is 12.1. The van der Waals surface area contributed by atoms with Gasteiger partial charge in [0.05, 0.1) is 11.1 Å². The molecule has 150 valence electrons. The highest BCUT2D eigenvalue weighted by molar-refractivity contribution is 5.87. The highest BCUT2D eigenvalue weighted by Gasteiger charge is 2.50. The molecule has 0 saturated heterocycles. The average molecular weight is 394 g/mol. The van der Waals surface area contributed by atoms with Crippen molar-refractivity contribution >= 4 is 5.97 Å². The first-order valence-corrected chi connectivity index (χ1v) is 8.41. The molecular weight excluding hydrogens is 374 g/mol. The lowest BCUT2D eigenvalue weighted by Gasteiger charge is -2.43. The van der Waals surface area contributed by atoms with Crippen LogP contribution >= 0.6 is 0 Å². The van der Waals surface area contributed by atoms with E-state index in [0.717, 1.165) is 6.07 Å². The fourth-order valence-corrected chi connectivity index (χ4v) is 3.60. The lowest BCUT2D eigenvalue weighted by molar-refractivity contribution is -0.167. The van der Waals surface area contributed by atoms with Gasteiger partial charge in [-0.25, -0.2) is 4.79 Å². The van der Waals surface area contributed by atoms with Crippen LogP contribution in [-0.2, 0) is 33.9 Å². The van der Waals surface area contributed by atoms with Gasteiger partial charge >= 0.3 is 18.3 Å². The van der Waals surface area contributed by atoms with E-state index >= 15 is 0 Å². The molecule has 8 heteroatoms. The zero-order valence-electron chi connectivity index (χ0n) is 15.1. The zero-order chi connectivity index (χ0) is 20.8. The minimum absolute atomic E-state index is 0.0151. The summed E-state index contributed by atoms with van der Waals surface area (Å²) in [5, 5.41) is 0. The number of carbonyl (C=O) groups is 1. The van der Waals surface area contributed by atoms with Crippen molar-refractivity contribution in [3.05, 3.63) is 46.5 Å². The van der Waals surface area contributed by atoms with Crippen LogP contribution in [0.4, 0.5) is 26.3 Å². The first-order chi connectivity index (χ1) is 12.2. The van der Waals surface area contributed by atoms with Crippen LogP contribution in [0.1, 0.15) is 55.9 Å². The lowest BCUT2D eigenvalue weighted by Crippen LogP contribution is -2.42. The minimum atomic E-state index is -5.19. The number of benzene rings is 1. The number of halogens is 6. The second-order valence-electron chi connectivity index (χ2n) is 7.08. The Kier molecular flexibility index (Phi) is 5.42. The van der Waals surface area contributed by atoms with Gasteiger partial charge in [-0.05, 0) is 49.3 Å². The van der Waals surface area contributed by atoms with Crippen LogP contribution in [0.25, 0.3) is 0 Å². The van der Waals surface area contributed by atoms with Crippen molar-refractivity contribution < 1.29 is 35.9 Å². The molecule has 1 aliphatic carbocycles. The van der Waals surface area contributed by atoms with Crippen LogP contribution in [0.5, 0.6) is 0 Å². The van der Waals surface area contributed by atoms with Gasteiger partial charge in [0.1, 0.15) is 5.60 Å². The van der Waals surface area contributed by atoms with Crippen molar-refractivity contribution in [2.24, 2.45) is 5.92 Å². The molecule has 0 aliphatic heterocycles. The van der Waals surface area contributed by atoms with Gasteiger partial charge in [0.15, 0.2) is 0 Å². The van der Waals surface area contributed by atoms with Crippen LogP contribution < -0.4 is 0 Å². The zero-order valence-corrected chi connectivity index (χ0v) is 15.1. The van der Waals surface area contributed by atoms with Crippen molar-refractivity contribution in [1.29, 1.82) is 0 Å². The van der Waals surface area contributed by atoms with Crippen LogP contribution in [-0.4, -0.2) is 5.97 Å². The van der Waals surface area contributed by atoms with Crippen LogP contribution in [0.3, 0.4) is 0 Å². The normalized spacial score (nSPS) is 20.4. The van der Waals surface area contributed by atoms with E-state index in [1.807, 2.05) is 0 Å². The third-order valence-electron chi connectivity index (χ3n) is 4.89. The number of alkyl halides is 6. The summed E-state index contributed by atoms with van der Waals surface area (Å²) in [7, 11) is 0. The number of hydrogen-bond acceptors (Lipinski definition) is 2. The molecule has 0 saturated carbocycles. The molecule has 0 N–H and O–H groups in total. The summed E-state index contributed by atoms with van der Waals surface area (Å²) in [6, 6.07) is 1.44. The maximum atomic E-state index is 13.6. The van der Waals surface area contributed by atoms with E-state index in [1.165, 1.54) is 6.92 Å². The van der Waals surface area contributed by atoms with Gasteiger partial charge in [-0.1, -0.05) is 26.5 Å². The average Bonchev–Trinajstić information content (AvgIpc) is 2.51. The number of esters is 1. The summed E-state index contributed by atoms with van der Waals surface area (Å²) in [5.41, 5.74) is -5.26. The Morgan fingerprint density at radius 1 is 1.15 bits per heavy atom. The predicted molar refractivity (Wildman–Crippen MR) is 86.8 cm³/mol. The Bertz CT molecular complexity index is 761. The molecule has 2 rings (SSSR count). The molecule has 0 radical (unpaired) electrons. The number of fused-ring (bicyclic) bond motifs is 1. The van der Waals surface area contributed by atoms with Crippen molar-refractivity contribution in [2.75, 3.05) is 0 Å². The van der Waals surface area contributed by atoms with E-state index in [-0.39, 0.29) is 30.4 Å². The van der Waals surface area contributed by atoms with Crippen LogP contribution in [0.15, 0.2) is 24.3 Å². The fourth-order valence-electron chi connectivity index (χ4n) is 3.60. The van der Waals surface area contributed by atoms with Crippen LogP contribution in [0.2, 0.25) is 0 Å². The Morgan fingerprint density at radius 3 is 2.19 bits per heavy atom. The van der Waals surface area contributed by atoms with Crippen molar-refractivity contribution in [3.63, 3.8) is 0 Å². The largest absolute Gasteiger partial charge is 0.451 e. The molecule has 0 spiro atoms. The van der Waals surface area contributed by atoms with Crippen molar-refractivity contribution in [2.45, 2.75) is 58.0 Å².